The molecule has 2 heterocycles. The van der Waals surface area contributed by atoms with E-state index in [9.17, 15) is 12.8 Å². The number of hydrogen-bond acceptors (Lipinski definition) is 5. The van der Waals surface area contributed by atoms with Crippen LogP contribution in [-0.2, 0) is 23.6 Å². The van der Waals surface area contributed by atoms with E-state index in [-0.39, 0.29) is 17.4 Å². The molecule has 0 unspecified atom stereocenters. The third kappa shape index (κ3) is 4.00. The third-order valence-corrected chi connectivity index (χ3v) is 5.57. The van der Waals surface area contributed by atoms with Gasteiger partial charge in [0.15, 0.2) is 5.03 Å². The van der Waals surface area contributed by atoms with E-state index in [2.05, 4.69) is 15.0 Å². The number of aromatic nitrogens is 2. The quantitative estimate of drug-likeness (QED) is 0.816. The van der Waals surface area contributed by atoms with Crippen LogP contribution in [0.15, 0.2) is 29.4 Å². The SMILES string of the molecule is Cc1nc(S(=O)(=O)NCc2ccc(N3CCNCC3)c(F)c2)cn1C. The van der Waals surface area contributed by atoms with Gasteiger partial charge in [-0.15, -0.1) is 0 Å². The molecule has 0 radical (unpaired) electrons. The van der Waals surface area contributed by atoms with Crippen LogP contribution in [0.5, 0.6) is 0 Å². The molecule has 2 aromatic rings. The van der Waals surface area contributed by atoms with Gasteiger partial charge >= 0.3 is 0 Å². The van der Waals surface area contributed by atoms with Gasteiger partial charge in [0.25, 0.3) is 10.0 Å². The number of aryl methyl sites for hydroxylation is 2. The van der Waals surface area contributed by atoms with Crippen LogP contribution in [0.3, 0.4) is 0 Å². The molecule has 0 bridgehead atoms. The maximum atomic E-state index is 14.4. The van der Waals surface area contributed by atoms with Gasteiger partial charge in [0.2, 0.25) is 0 Å². The van der Waals surface area contributed by atoms with Crippen LogP contribution in [-0.4, -0.2) is 44.1 Å². The highest BCUT2D eigenvalue weighted by atomic mass is 32.2. The molecule has 0 aliphatic carbocycles. The van der Waals surface area contributed by atoms with E-state index in [0.717, 1.165) is 26.2 Å². The van der Waals surface area contributed by atoms with Crippen LogP contribution in [0.1, 0.15) is 11.4 Å². The number of sulfonamides is 1. The van der Waals surface area contributed by atoms with Crippen LogP contribution < -0.4 is 14.9 Å². The first kappa shape index (κ1) is 17.8. The molecule has 2 N–H and O–H groups in total. The highest BCUT2D eigenvalue weighted by molar-refractivity contribution is 7.89. The van der Waals surface area contributed by atoms with E-state index in [1.807, 2.05) is 4.90 Å². The second kappa shape index (κ2) is 7.11. The van der Waals surface area contributed by atoms with E-state index in [4.69, 9.17) is 0 Å². The zero-order valence-corrected chi connectivity index (χ0v) is 15.1. The van der Waals surface area contributed by atoms with Crippen molar-refractivity contribution in [2.75, 3.05) is 31.1 Å². The summed E-state index contributed by atoms with van der Waals surface area (Å²) in [4.78, 5) is 6.00. The molecule has 9 heteroatoms. The first-order valence-corrected chi connectivity index (χ1v) is 9.59. The second-order valence-corrected chi connectivity index (χ2v) is 7.80. The van der Waals surface area contributed by atoms with Gasteiger partial charge in [0.05, 0.1) is 5.69 Å². The van der Waals surface area contributed by atoms with Crippen molar-refractivity contribution in [3.8, 4) is 0 Å². The Morgan fingerprint density at radius 2 is 2.04 bits per heavy atom. The van der Waals surface area contributed by atoms with E-state index < -0.39 is 10.0 Å². The number of halogens is 1. The molecule has 3 rings (SSSR count). The Morgan fingerprint density at radius 1 is 1.32 bits per heavy atom. The Labute approximate surface area is 146 Å². The lowest BCUT2D eigenvalue weighted by atomic mass is 10.1. The lowest BCUT2D eigenvalue weighted by Gasteiger charge is -2.29. The van der Waals surface area contributed by atoms with Gasteiger partial charge in [0.1, 0.15) is 11.6 Å². The summed E-state index contributed by atoms with van der Waals surface area (Å²) in [5, 5.41) is 3.19. The van der Waals surface area contributed by atoms with Crippen molar-refractivity contribution in [3.63, 3.8) is 0 Å². The fraction of sp³-hybridized carbons (Fsp3) is 0.438. The van der Waals surface area contributed by atoms with Gasteiger partial charge in [0, 0.05) is 46.0 Å². The molecule has 1 aliphatic rings. The van der Waals surface area contributed by atoms with Gasteiger partial charge in [-0.05, 0) is 24.6 Å². The molecule has 1 aliphatic heterocycles. The van der Waals surface area contributed by atoms with Crippen LogP contribution >= 0.6 is 0 Å². The predicted octanol–water partition coefficient (Wildman–Crippen LogP) is 0.756. The number of imidazole rings is 1. The van der Waals surface area contributed by atoms with Crippen LogP contribution in [0.2, 0.25) is 0 Å². The molecule has 25 heavy (non-hydrogen) atoms. The predicted molar refractivity (Wildman–Crippen MR) is 93.5 cm³/mol. The zero-order chi connectivity index (χ0) is 18.0. The molecule has 7 nitrogen and oxygen atoms in total. The first-order chi connectivity index (χ1) is 11.9. The molecular weight excluding hydrogens is 345 g/mol. The molecule has 1 fully saturated rings. The smallest absolute Gasteiger partial charge is 0.259 e. The van der Waals surface area contributed by atoms with Crippen molar-refractivity contribution < 1.29 is 12.8 Å². The second-order valence-electron chi connectivity index (χ2n) is 6.08. The van der Waals surface area contributed by atoms with Crippen LogP contribution in [0.25, 0.3) is 0 Å². The summed E-state index contributed by atoms with van der Waals surface area (Å²) in [6.07, 6.45) is 1.45. The van der Waals surface area contributed by atoms with Crippen molar-refractivity contribution in [3.05, 3.63) is 41.6 Å². The Morgan fingerprint density at radius 3 is 2.64 bits per heavy atom. The molecule has 1 aromatic heterocycles. The molecule has 1 aromatic carbocycles. The lowest BCUT2D eigenvalue weighted by Crippen LogP contribution is -2.43. The number of benzene rings is 1. The minimum absolute atomic E-state index is 0.0106. The van der Waals surface area contributed by atoms with E-state index >= 15 is 0 Å². The number of rotatable bonds is 5. The lowest BCUT2D eigenvalue weighted by molar-refractivity contribution is 0.564. The summed E-state index contributed by atoms with van der Waals surface area (Å²) >= 11 is 0. The average Bonchev–Trinajstić information content (AvgIpc) is 2.94. The Kier molecular flexibility index (Phi) is 5.07. The van der Waals surface area contributed by atoms with E-state index in [0.29, 0.717) is 17.1 Å². The van der Waals surface area contributed by atoms with E-state index in [1.54, 1.807) is 30.7 Å². The highest BCUT2D eigenvalue weighted by Gasteiger charge is 2.19. The Hall–Kier alpha value is -1.97. The van der Waals surface area contributed by atoms with Crippen LogP contribution in [0.4, 0.5) is 10.1 Å². The number of nitrogens with zero attached hydrogens (tertiary/aromatic N) is 3. The molecule has 1 saturated heterocycles. The maximum Gasteiger partial charge on any atom is 0.259 e. The Bertz CT molecular complexity index is 840. The summed E-state index contributed by atoms with van der Waals surface area (Å²) in [5.41, 5.74) is 1.11. The van der Waals surface area contributed by atoms with Gasteiger partial charge in [-0.3, -0.25) is 0 Å². The topological polar surface area (TPSA) is 79.3 Å². The van der Waals surface area contributed by atoms with Crippen molar-refractivity contribution in [1.29, 1.82) is 0 Å². The summed E-state index contributed by atoms with van der Waals surface area (Å²) < 4.78 is 43.0. The molecule has 0 spiro atoms. The summed E-state index contributed by atoms with van der Waals surface area (Å²) in [6, 6.07) is 4.82. The standard InChI is InChI=1S/C16H22FN5O2S/c1-12-20-16(11-21(12)2)25(23,24)19-10-13-3-4-15(14(17)9-13)22-7-5-18-6-8-22/h3-4,9,11,18-19H,5-8,10H2,1-2H3. The third-order valence-electron chi connectivity index (χ3n) is 4.30. The van der Waals surface area contributed by atoms with Gasteiger partial charge in [-0.25, -0.2) is 22.5 Å². The minimum Gasteiger partial charge on any atom is -0.367 e. The minimum atomic E-state index is -3.73. The number of piperazine rings is 1. The van der Waals surface area contributed by atoms with Crippen molar-refractivity contribution in [1.82, 2.24) is 19.6 Å². The van der Waals surface area contributed by atoms with Gasteiger partial charge in [-0.2, -0.15) is 0 Å². The summed E-state index contributed by atoms with van der Waals surface area (Å²) in [5.74, 6) is 0.263. The molecular formula is C16H22FN5O2S. The average molecular weight is 367 g/mol. The van der Waals surface area contributed by atoms with Crippen molar-refractivity contribution >= 4 is 15.7 Å². The largest absolute Gasteiger partial charge is 0.367 e. The summed E-state index contributed by atoms with van der Waals surface area (Å²) in [6.45, 7) is 4.89. The monoisotopic (exact) mass is 367 g/mol. The van der Waals surface area contributed by atoms with E-state index in [1.165, 1.54) is 12.3 Å². The molecule has 0 atom stereocenters. The number of nitrogens with one attached hydrogen (secondary N) is 2. The normalized spacial score (nSPS) is 15.6. The first-order valence-electron chi connectivity index (χ1n) is 8.10. The maximum absolute atomic E-state index is 14.4. The number of hydrogen-bond donors (Lipinski definition) is 2. The fourth-order valence-corrected chi connectivity index (χ4v) is 3.78. The Balaban J connectivity index is 1.69. The molecule has 0 amide bonds. The summed E-state index contributed by atoms with van der Waals surface area (Å²) in [7, 11) is -2.00. The highest BCUT2D eigenvalue weighted by Crippen LogP contribution is 2.21. The number of anilines is 1. The zero-order valence-electron chi connectivity index (χ0n) is 14.3. The van der Waals surface area contributed by atoms with Gasteiger partial charge < -0.3 is 14.8 Å². The van der Waals surface area contributed by atoms with Crippen molar-refractivity contribution in [2.24, 2.45) is 7.05 Å². The van der Waals surface area contributed by atoms with Crippen molar-refractivity contribution in [2.45, 2.75) is 18.5 Å². The fourth-order valence-electron chi connectivity index (χ4n) is 2.73. The molecule has 0 saturated carbocycles. The molecule has 136 valence electrons. The van der Waals surface area contributed by atoms with Crippen LogP contribution in [0, 0.1) is 12.7 Å². The van der Waals surface area contributed by atoms with Gasteiger partial charge in [-0.1, -0.05) is 6.07 Å².